The summed E-state index contributed by atoms with van der Waals surface area (Å²) in [6.45, 7) is 5.99. The highest BCUT2D eigenvalue weighted by Crippen LogP contribution is 2.36. The van der Waals surface area contributed by atoms with Crippen LogP contribution in [0.2, 0.25) is 0 Å². The van der Waals surface area contributed by atoms with Crippen LogP contribution in [0.15, 0.2) is 30.6 Å². The number of nitrogens with one attached hydrogen (secondary N) is 1. The number of methoxy groups -OCH3 is 1. The predicted octanol–water partition coefficient (Wildman–Crippen LogP) is 3.62. The molecule has 0 saturated heterocycles. The van der Waals surface area contributed by atoms with Crippen LogP contribution in [0.25, 0.3) is 10.8 Å². The van der Waals surface area contributed by atoms with Crippen molar-refractivity contribution in [2.45, 2.75) is 57.3 Å². The van der Waals surface area contributed by atoms with E-state index in [1.54, 1.807) is 31.6 Å². The fourth-order valence-electron chi connectivity index (χ4n) is 4.22. The zero-order valence-electron chi connectivity index (χ0n) is 19.8. The Bertz CT molecular complexity index is 1270. The maximum absolute atomic E-state index is 12.3. The first kappa shape index (κ1) is 22.5. The summed E-state index contributed by atoms with van der Waals surface area (Å²) in [5.74, 6) is 1.39. The molecule has 0 amide bonds. The zero-order valence-corrected chi connectivity index (χ0v) is 19.8. The topological polar surface area (TPSA) is 121 Å². The Labute approximate surface area is 198 Å². The molecule has 0 unspecified atom stereocenters. The first-order chi connectivity index (χ1) is 16.1. The minimum Gasteiger partial charge on any atom is -0.474 e. The van der Waals surface area contributed by atoms with Crippen LogP contribution in [0.3, 0.4) is 0 Å². The molecule has 9 nitrogen and oxygen atoms in total. The van der Waals surface area contributed by atoms with Gasteiger partial charge in [0, 0.05) is 31.5 Å². The number of esters is 1. The summed E-state index contributed by atoms with van der Waals surface area (Å²) < 4.78 is 16.8. The van der Waals surface area contributed by atoms with E-state index in [0.717, 1.165) is 29.2 Å². The smallest absolute Gasteiger partial charge is 0.340 e. The molecule has 1 aliphatic carbocycles. The van der Waals surface area contributed by atoms with Gasteiger partial charge >= 0.3 is 5.97 Å². The van der Waals surface area contributed by atoms with Crippen LogP contribution in [0.5, 0.6) is 5.88 Å². The molecule has 3 aromatic heterocycles. The van der Waals surface area contributed by atoms with Gasteiger partial charge in [0.25, 0.3) is 0 Å². The Morgan fingerprint density at radius 3 is 2.74 bits per heavy atom. The third-order valence-electron chi connectivity index (χ3n) is 6.01. The SMILES string of the molecule is COC[C@@](C)(N)c1cnc(OC2CC2)c2cnc(Nc3ccc4c(n3)CC(C)(C)OC4=O)cc12. The third-order valence-corrected chi connectivity index (χ3v) is 6.01. The van der Waals surface area contributed by atoms with Gasteiger partial charge in [-0.15, -0.1) is 0 Å². The number of carbonyl (C=O) groups excluding carboxylic acids is 1. The first-order valence-corrected chi connectivity index (χ1v) is 11.4. The molecular weight excluding hydrogens is 434 g/mol. The van der Waals surface area contributed by atoms with E-state index < -0.39 is 11.1 Å². The number of fused-ring (bicyclic) bond motifs is 2. The van der Waals surface area contributed by atoms with E-state index in [1.165, 1.54) is 0 Å². The van der Waals surface area contributed by atoms with E-state index in [1.807, 2.05) is 26.8 Å². The third kappa shape index (κ3) is 4.41. The fraction of sp³-hybridized carbons (Fsp3) is 0.440. The van der Waals surface area contributed by atoms with Crippen molar-refractivity contribution in [3.05, 3.63) is 47.4 Å². The highest BCUT2D eigenvalue weighted by atomic mass is 16.6. The van der Waals surface area contributed by atoms with Crippen molar-refractivity contribution in [2.24, 2.45) is 5.73 Å². The molecule has 1 aliphatic heterocycles. The molecule has 1 fully saturated rings. The molecule has 3 aromatic rings. The maximum Gasteiger partial charge on any atom is 0.340 e. The molecular formula is C25H29N5O4. The van der Waals surface area contributed by atoms with Crippen LogP contribution in [-0.4, -0.2) is 46.3 Å². The van der Waals surface area contributed by atoms with Crippen molar-refractivity contribution in [3.63, 3.8) is 0 Å². The Morgan fingerprint density at radius 2 is 2.00 bits per heavy atom. The number of hydrogen-bond acceptors (Lipinski definition) is 9. The van der Waals surface area contributed by atoms with E-state index in [9.17, 15) is 4.79 Å². The number of hydrogen-bond donors (Lipinski definition) is 2. The molecule has 0 spiro atoms. The van der Waals surface area contributed by atoms with Crippen molar-refractivity contribution in [1.29, 1.82) is 0 Å². The number of anilines is 2. The second kappa shape index (κ2) is 8.18. The number of aromatic nitrogens is 3. The summed E-state index contributed by atoms with van der Waals surface area (Å²) in [5.41, 5.74) is 7.27. The van der Waals surface area contributed by atoms with E-state index in [-0.39, 0.29) is 12.1 Å². The van der Waals surface area contributed by atoms with Crippen molar-refractivity contribution in [3.8, 4) is 5.88 Å². The lowest BCUT2D eigenvalue weighted by Crippen LogP contribution is -2.38. The quantitative estimate of drug-likeness (QED) is 0.506. The van der Waals surface area contributed by atoms with Gasteiger partial charge in [-0.2, -0.15) is 0 Å². The first-order valence-electron chi connectivity index (χ1n) is 11.4. The zero-order chi connectivity index (χ0) is 24.1. The Kier molecular flexibility index (Phi) is 5.41. The molecule has 1 saturated carbocycles. The Morgan fingerprint density at radius 1 is 1.21 bits per heavy atom. The normalized spacial score (nSPS) is 18.7. The van der Waals surface area contributed by atoms with E-state index in [0.29, 0.717) is 41.8 Å². The van der Waals surface area contributed by atoms with Crippen LogP contribution >= 0.6 is 0 Å². The summed E-state index contributed by atoms with van der Waals surface area (Å²) in [5, 5.41) is 4.94. The Hall–Kier alpha value is -3.30. The summed E-state index contributed by atoms with van der Waals surface area (Å²) in [4.78, 5) is 26.1. The van der Waals surface area contributed by atoms with Crippen molar-refractivity contribution >= 4 is 28.4 Å². The molecule has 4 heterocycles. The van der Waals surface area contributed by atoms with Gasteiger partial charge in [0.1, 0.15) is 23.3 Å². The minimum atomic E-state index is -0.757. The number of ether oxygens (including phenoxy) is 3. The molecule has 5 rings (SSSR count). The van der Waals surface area contributed by atoms with Crippen molar-refractivity contribution < 1.29 is 19.0 Å². The summed E-state index contributed by atoms with van der Waals surface area (Å²) in [6.07, 6.45) is 6.31. The number of cyclic esters (lactones) is 1. The van der Waals surface area contributed by atoms with Crippen LogP contribution in [0.1, 0.15) is 55.2 Å². The van der Waals surface area contributed by atoms with Crippen LogP contribution < -0.4 is 15.8 Å². The second-order valence-electron chi connectivity index (χ2n) is 9.90. The van der Waals surface area contributed by atoms with Gasteiger partial charge in [-0.3, -0.25) is 0 Å². The van der Waals surface area contributed by atoms with Gasteiger partial charge in [0.05, 0.1) is 28.8 Å². The molecule has 0 bridgehead atoms. The van der Waals surface area contributed by atoms with Gasteiger partial charge in [-0.25, -0.2) is 19.7 Å². The van der Waals surface area contributed by atoms with E-state index in [2.05, 4.69) is 20.3 Å². The number of carbonyl (C=O) groups is 1. The van der Waals surface area contributed by atoms with E-state index >= 15 is 0 Å². The molecule has 1 atom stereocenters. The molecule has 2 aliphatic rings. The van der Waals surface area contributed by atoms with E-state index in [4.69, 9.17) is 19.9 Å². The average Bonchev–Trinajstić information content (AvgIpc) is 3.56. The second-order valence-corrected chi connectivity index (χ2v) is 9.90. The lowest BCUT2D eigenvalue weighted by molar-refractivity contribution is -0.00714. The molecule has 0 aromatic carbocycles. The average molecular weight is 464 g/mol. The van der Waals surface area contributed by atoms with Gasteiger partial charge in [0.2, 0.25) is 5.88 Å². The maximum atomic E-state index is 12.3. The van der Waals surface area contributed by atoms with Gasteiger partial charge in [-0.1, -0.05) is 0 Å². The van der Waals surface area contributed by atoms with Crippen LogP contribution in [0.4, 0.5) is 11.6 Å². The van der Waals surface area contributed by atoms with Crippen LogP contribution in [0, 0.1) is 0 Å². The Balaban J connectivity index is 1.52. The summed E-state index contributed by atoms with van der Waals surface area (Å²) in [6, 6.07) is 5.40. The van der Waals surface area contributed by atoms with Crippen molar-refractivity contribution in [2.75, 3.05) is 19.0 Å². The number of nitrogens with zero attached hydrogens (tertiary/aromatic N) is 3. The van der Waals surface area contributed by atoms with Gasteiger partial charge in [-0.05, 0) is 57.2 Å². The number of nitrogens with two attached hydrogens (primary N) is 1. The highest BCUT2D eigenvalue weighted by Gasteiger charge is 2.33. The van der Waals surface area contributed by atoms with Crippen LogP contribution in [-0.2, 0) is 21.4 Å². The standard InChI is InChI=1S/C25H29N5O4/c1-24(2)10-19-15(23(31)34-24)7-8-20(29-19)30-21-9-16-17(11-27-21)22(33-14-5-6-14)28-12-18(16)25(3,26)13-32-4/h7-9,11-12,14H,5-6,10,13,26H2,1-4H3,(H,27,29,30)/t25-/m1/s1. The van der Waals surface area contributed by atoms with Crippen molar-refractivity contribution in [1.82, 2.24) is 15.0 Å². The molecule has 3 N–H and O–H groups in total. The fourth-order valence-corrected chi connectivity index (χ4v) is 4.22. The monoisotopic (exact) mass is 463 g/mol. The molecule has 0 radical (unpaired) electrons. The molecule has 9 heteroatoms. The molecule has 178 valence electrons. The highest BCUT2D eigenvalue weighted by molar-refractivity contribution is 5.93. The largest absolute Gasteiger partial charge is 0.474 e. The number of pyridine rings is 3. The lowest BCUT2D eigenvalue weighted by atomic mass is 9.91. The summed E-state index contributed by atoms with van der Waals surface area (Å²) >= 11 is 0. The predicted molar refractivity (Wildman–Crippen MR) is 127 cm³/mol. The molecule has 34 heavy (non-hydrogen) atoms. The minimum absolute atomic E-state index is 0.207. The summed E-state index contributed by atoms with van der Waals surface area (Å²) in [7, 11) is 1.62. The lowest BCUT2D eigenvalue weighted by Gasteiger charge is -2.30. The number of rotatable bonds is 7. The van der Waals surface area contributed by atoms with Gasteiger partial charge < -0.3 is 25.3 Å². The van der Waals surface area contributed by atoms with Gasteiger partial charge in [0.15, 0.2) is 0 Å².